The van der Waals surface area contributed by atoms with Crippen molar-refractivity contribution in [3.8, 4) is 11.3 Å². The first-order valence-corrected chi connectivity index (χ1v) is 11.0. The van der Waals surface area contributed by atoms with Crippen LogP contribution in [0.1, 0.15) is 42.6 Å². The number of amides is 1. The van der Waals surface area contributed by atoms with E-state index < -0.39 is 0 Å². The molecule has 2 fully saturated rings. The van der Waals surface area contributed by atoms with Crippen molar-refractivity contribution in [2.75, 3.05) is 39.4 Å². The van der Waals surface area contributed by atoms with Gasteiger partial charge in [-0.1, -0.05) is 30.2 Å². The molecule has 3 heterocycles. The molecule has 2 aliphatic rings. The molecule has 2 saturated heterocycles. The molecular weight excluding hydrogens is 388 g/mol. The van der Waals surface area contributed by atoms with Crippen molar-refractivity contribution < 1.29 is 9.53 Å². The van der Waals surface area contributed by atoms with Gasteiger partial charge in [-0.05, 0) is 57.0 Å². The Morgan fingerprint density at radius 3 is 2.76 bits per heavy atom. The van der Waals surface area contributed by atoms with Gasteiger partial charge >= 0.3 is 0 Å². The monoisotopic (exact) mass is 416 g/mol. The van der Waals surface area contributed by atoms with Gasteiger partial charge in [0.05, 0.1) is 5.69 Å². The first-order chi connectivity index (χ1) is 14.2. The number of benzene rings is 1. The molecule has 2 aromatic rings. The van der Waals surface area contributed by atoms with E-state index >= 15 is 0 Å². The number of H-pyrrole nitrogens is 1. The molecule has 1 N–H and O–H groups in total. The Morgan fingerprint density at radius 1 is 1.21 bits per heavy atom. The van der Waals surface area contributed by atoms with Crippen LogP contribution in [0.2, 0.25) is 5.02 Å². The van der Waals surface area contributed by atoms with E-state index in [0.717, 1.165) is 63.5 Å². The lowest BCUT2D eigenvalue weighted by molar-refractivity contribution is 0.0255. The van der Waals surface area contributed by atoms with Crippen molar-refractivity contribution in [2.24, 2.45) is 0 Å². The second-order valence-corrected chi connectivity index (χ2v) is 8.36. The predicted molar refractivity (Wildman–Crippen MR) is 114 cm³/mol. The Hall–Kier alpha value is -1.89. The van der Waals surface area contributed by atoms with E-state index in [0.29, 0.717) is 10.7 Å². The first kappa shape index (κ1) is 20.4. The highest BCUT2D eigenvalue weighted by molar-refractivity contribution is 6.30. The van der Waals surface area contributed by atoms with Crippen LogP contribution in [0.4, 0.5) is 0 Å². The molecule has 0 saturated carbocycles. The molecule has 6 nitrogen and oxygen atoms in total. The lowest BCUT2D eigenvalue weighted by atomic mass is 10.1. The molecule has 0 aliphatic carbocycles. The van der Waals surface area contributed by atoms with Crippen molar-refractivity contribution in [1.29, 1.82) is 0 Å². The fourth-order valence-electron chi connectivity index (χ4n) is 4.26. The second-order valence-electron chi connectivity index (χ2n) is 7.92. The number of carbonyl (C=O) groups is 1. The summed E-state index contributed by atoms with van der Waals surface area (Å²) in [6.07, 6.45) is 5.62. The van der Waals surface area contributed by atoms with E-state index in [4.69, 9.17) is 16.3 Å². The molecule has 0 unspecified atom stereocenters. The predicted octanol–water partition coefficient (Wildman–Crippen LogP) is 3.84. The average molecular weight is 417 g/mol. The highest BCUT2D eigenvalue weighted by Gasteiger charge is 2.28. The number of hydrogen-bond donors (Lipinski definition) is 1. The number of piperidine rings is 1. The smallest absolute Gasteiger partial charge is 0.272 e. The largest absolute Gasteiger partial charge is 0.381 e. The summed E-state index contributed by atoms with van der Waals surface area (Å²) < 4.78 is 5.52. The molecule has 1 amide bonds. The van der Waals surface area contributed by atoms with Crippen LogP contribution < -0.4 is 0 Å². The molecule has 0 atom stereocenters. The summed E-state index contributed by atoms with van der Waals surface area (Å²) in [6, 6.07) is 9.58. The van der Waals surface area contributed by atoms with Crippen LogP contribution in [-0.4, -0.2) is 71.3 Å². The van der Waals surface area contributed by atoms with Gasteiger partial charge in [0.2, 0.25) is 0 Å². The summed E-state index contributed by atoms with van der Waals surface area (Å²) in [7, 11) is 0. The van der Waals surface area contributed by atoms with E-state index in [1.807, 2.05) is 35.2 Å². The highest BCUT2D eigenvalue weighted by Crippen LogP contribution is 2.23. The van der Waals surface area contributed by atoms with E-state index in [1.54, 1.807) is 0 Å². The van der Waals surface area contributed by atoms with Crippen LogP contribution in [-0.2, 0) is 4.74 Å². The minimum Gasteiger partial charge on any atom is -0.381 e. The summed E-state index contributed by atoms with van der Waals surface area (Å²) in [5.41, 5.74) is 2.17. The Kier molecular flexibility index (Phi) is 6.85. The van der Waals surface area contributed by atoms with Crippen LogP contribution >= 0.6 is 11.6 Å². The molecule has 1 aromatic heterocycles. The maximum Gasteiger partial charge on any atom is 0.272 e. The van der Waals surface area contributed by atoms with Gasteiger partial charge in [0.15, 0.2) is 0 Å². The van der Waals surface area contributed by atoms with Gasteiger partial charge in [-0.25, -0.2) is 0 Å². The van der Waals surface area contributed by atoms with Crippen molar-refractivity contribution in [2.45, 2.75) is 38.1 Å². The van der Waals surface area contributed by atoms with Crippen LogP contribution in [0, 0.1) is 0 Å². The van der Waals surface area contributed by atoms with Gasteiger partial charge in [-0.3, -0.25) is 9.89 Å². The number of aromatic nitrogens is 2. The first-order valence-electron chi connectivity index (χ1n) is 10.6. The van der Waals surface area contributed by atoms with Gasteiger partial charge in [-0.15, -0.1) is 0 Å². The molecule has 156 valence electrons. The number of likely N-dealkylation sites (tertiary alicyclic amines) is 1. The number of nitrogens with zero attached hydrogens (tertiary/aromatic N) is 3. The molecule has 0 radical (unpaired) electrons. The standard InChI is InChI=1S/C22H29ClN4O2/c23-18-6-4-5-17(15-18)20-16-21(25-24-20)22(28)27(19-7-13-29-14-8-19)12-11-26-9-2-1-3-10-26/h4-6,15-16,19H,1-3,7-14H2,(H,24,25). The topological polar surface area (TPSA) is 61.5 Å². The van der Waals surface area contributed by atoms with Gasteiger partial charge in [0.25, 0.3) is 5.91 Å². The molecule has 7 heteroatoms. The van der Waals surface area contributed by atoms with Crippen molar-refractivity contribution in [3.63, 3.8) is 0 Å². The Labute approximate surface area is 177 Å². The van der Waals surface area contributed by atoms with E-state index in [9.17, 15) is 4.79 Å². The lowest BCUT2D eigenvalue weighted by Gasteiger charge is -2.36. The van der Waals surface area contributed by atoms with Crippen LogP contribution in [0.25, 0.3) is 11.3 Å². The normalized spacial score (nSPS) is 18.7. The molecule has 2 aliphatic heterocycles. The molecule has 4 rings (SSSR count). The number of hydrogen-bond acceptors (Lipinski definition) is 4. The van der Waals surface area contributed by atoms with Crippen LogP contribution in [0.5, 0.6) is 0 Å². The fraction of sp³-hybridized carbons (Fsp3) is 0.545. The highest BCUT2D eigenvalue weighted by atomic mass is 35.5. The average Bonchev–Trinajstić information content (AvgIpc) is 3.26. The van der Waals surface area contributed by atoms with E-state index in [2.05, 4.69) is 15.1 Å². The van der Waals surface area contributed by atoms with Gasteiger partial charge < -0.3 is 14.5 Å². The van der Waals surface area contributed by atoms with E-state index in [-0.39, 0.29) is 11.9 Å². The third kappa shape index (κ3) is 5.18. The zero-order valence-corrected chi connectivity index (χ0v) is 17.5. The van der Waals surface area contributed by atoms with Gasteiger partial charge in [0.1, 0.15) is 5.69 Å². The minimum absolute atomic E-state index is 0.0229. The number of aromatic amines is 1. The maximum atomic E-state index is 13.4. The Bertz CT molecular complexity index is 813. The lowest BCUT2D eigenvalue weighted by Crippen LogP contribution is -2.47. The minimum atomic E-state index is 0.0229. The second kappa shape index (κ2) is 9.74. The number of ether oxygens (including phenoxy) is 1. The molecular formula is C22H29ClN4O2. The zero-order chi connectivity index (χ0) is 20.1. The summed E-state index contributed by atoms with van der Waals surface area (Å²) in [5.74, 6) is 0.0229. The third-order valence-corrected chi connectivity index (χ3v) is 6.16. The molecule has 0 bridgehead atoms. The number of halogens is 1. The number of rotatable bonds is 6. The molecule has 29 heavy (non-hydrogen) atoms. The fourth-order valence-corrected chi connectivity index (χ4v) is 4.45. The Balaban J connectivity index is 1.49. The number of nitrogens with one attached hydrogen (secondary N) is 1. The number of carbonyl (C=O) groups excluding carboxylic acids is 1. The van der Waals surface area contributed by atoms with Crippen LogP contribution in [0.15, 0.2) is 30.3 Å². The zero-order valence-electron chi connectivity index (χ0n) is 16.8. The quantitative estimate of drug-likeness (QED) is 0.777. The maximum absolute atomic E-state index is 13.4. The van der Waals surface area contributed by atoms with Crippen molar-refractivity contribution >= 4 is 17.5 Å². The van der Waals surface area contributed by atoms with Crippen molar-refractivity contribution in [3.05, 3.63) is 41.0 Å². The third-order valence-electron chi connectivity index (χ3n) is 5.93. The SMILES string of the molecule is O=C(c1cc(-c2cccc(Cl)c2)n[nH]1)N(CCN1CCCCC1)C1CCOCC1. The van der Waals surface area contributed by atoms with Gasteiger partial charge in [-0.2, -0.15) is 5.10 Å². The summed E-state index contributed by atoms with van der Waals surface area (Å²) >= 11 is 6.10. The van der Waals surface area contributed by atoms with Crippen molar-refractivity contribution in [1.82, 2.24) is 20.0 Å². The summed E-state index contributed by atoms with van der Waals surface area (Å²) in [5, 5.41) is 7.97. The van der Waals surface area contributed by atoms with E-state index in [1.165, 1.54) is 19.3 Å². The van der Waals surface area contributed by atoms with Crippen LogP contribution in [0.3, 0.4) is 0 Å². The Morgan fingerprint density at radius 2 is 2.00 bits per heavy atom. The molecule has 1 aromatic carbocycles. The van der Waals surface area contributed by atoms with Gasteiger partial charge in [0, 0.05) is 42.9 Å². The summed E-state index contributed by atoms with van der Waals surface area (Å²) in [4.78, 5) is 17.9. The molecule has 0 spiro atoms. The summed E-state index contributed by atoms with van der Waals surface area (Å²) in [6.45, 7) is 5.38.